The normalized spacial score (nSPS) is 11.0. The number of furan rings is 1. The first kappa shape index (κ1) is 21.1. The molecule has 0 spiro atoms. The third-order valence-corrected chi connectivity index (χ3v) is 4.89. The van der Waals surface area contributed by atoms with Crippen LogP contribution in [0.2, 0.25) is 0 Å². The van der Waals surface area contributed by atoms with E-state index in [-0.39, 0.29) is 17.4 Å². The Bertz CT molecular complexity index is 1340. The van der Waals surface area contributed by atoms with E-state index in [9.17, 15) is 9.59 Å². The van der Waals surface area contributed by atoms with Crippen LogP contribution in [0.3, 0.4) is 0 Å². The molecular formula is C23H20N2O7. The molecule has 0 saturated heterocycles. The van der Waals surface area contributed by atoms with E-state index < -0.39 is 12.6 Å². The Labute approximate surface area is 182 Å². The highest BCUT2D eigenvalue weighted by Crippen LogP contribution is 2.37. The quantitative estimate of drug-likeness (QED) is 0.397. The molecule has 0 aliphatic rings. The number of carbonyl (C=O) groups excluding carboxylic acids is 1. The summed E-state index contributed by atoms with van der Waals surface area (Å²) in [6.45, 7) is 3.04. The van der Waals surface area contributed by atoms with Gasteiger partial charge in [-0.1, -0.05) is 6.92 Å². The summed E-state index contributed by atoms with van der Waals surface area (Å²) in [5, 5.41) is 10.1. The number of benzene rings is 2. The Morgan fingerprint density at radius 2 is 1.91 bits per heavy atom. The SMILES string of the molecule is CCC(=O)c1c(C)oc2cc(Oc3ncnc4cc(OC)c(OCC(=O)O)cc34)ccc12. The van der Waals surface area contributed by atoms with Gasteiger partial charge in [-0.2, -0.15) is 0 Å². The summed E-state index contributed by atoms with van der Waals surface area (Å²) in [5.41, 5.74) is 1.64. The lowest BCUT2D eigenvalue weighted by Crippen LogP contribution is -2.10. The molecule has 0 unspecified atom stereocenters. The van der Waals surface area contributed by atoms with E-state index in [1.165, 1.54) is 13.4 Å². The largest absolute Gasteiger partial charge is 0.493 e. The molecule has 9 nitrogen and oxygen atoms in total. The zero-order valence-corrected chi connectivity index (χ0v) is 17.7. The van der Waals surface area contributed by atoms with Gasteiger partial charge < -0.3 is 23.7 Å². The molecule has 0 atom stereocenters. The molecule has 2 heterocycles. The number of ether oxygens (including phenoxy) is 3. The number of aliphatic carboxylic acids is 1. The molecule has 4 rings (SSSR count). The lowest BCUT2D eigenvalue weighted by atomic mass is 10.1. The molecule has 0 radical (unpaired) electrons. The van der Waals surface area contributed by atoms with Crippen molar-refractivity contribution in [2.45, 2.75) is 20.3 Å². The first-order valence-corrected chi connectivity index (χ1v) is 9.82. The molecule has 32 heavy (non-hydrogen) atoms. The monoisotopic (exact) mass is 436 g/mol. The van der Waals surface area contributed by atoms with Gasteiger partial charge in [0.1, 0.15) is 23.4 Å². The Balaban J connectivity index is 1.73. The van der Waals surface area contributed by atoms with Crippen LogP contribution in [0.1, 0.15) is 29.5 Å². The van der Waals surface area contributed by atoms with E-state index in [4.69, 9.17) is 23.7 Å². The van der Waals surface area contributed by atoms with Crippen molar-refractivity contribution < 1.29 is 33.3 Å². The van der Waals surface area contributed by atoms with Crippen LogP contribution in [0.5, 0.6) is 23.1 Å². The fraction of sp³-hybridized carbons (Fsp3) is 0.217. The zero-order valence-electron chi connectivity index (χ0n) is 17.7. The first-order valence-electron chi connectivity index (χ1n) is 9.82. The van der Waals surface area contributed by atoms with E-state index in [1.807, 2.05) is 6.92 Å². The number of rotatable bonds is 8. The average molecular weight is 436 g/mol. The van der Waals surface area contributed by atoms with Gasteiger partial charge in [0.05, 0.1) is 23.6 Å². The van der Waals surface area contributed by atoms with Gasteiger partial charge in [-0.15, -0.1) is 0 Å². The van der Waals surface area contributed by atoms with Crippen LogP contribution in [0.25, 0.3) is 21.9 Å². The maximum atomic E-state index is 12.2. The number of carbonyl (C=O) groups is 2. The lowest BCUT2D eigenvalue weighted by molar-refractivity contribution is -0.139. The van der Waals surface area contributed by atoms with Crippen LogP contribution in [0, 0.1) is 6.92 Å². The first-order chi connectivity index (χ1) is 15.4. The second-order valence-corrected chi connectivity index (χ2v) is 6.95. The molecule has 2 aromatic heterocycles. The van der Waals surface area contributed by atoms with E-state index >= 15 is 0 Å². The van der Waals surface area contributed by atoms with Crippen molar-refractivity contribution in [3.8, 4) is 23.1 Å². The van der Waals surface area contributed by atoms with Crippen molar-refractivity contribution in [2.24, 2.45) is 0 Å². The van der Waals surface area contributed by atoms with Crippen molar-refractivity contribution in [1.29, 1.82) is 0 Å². The smallest absolute Gasteiger partial charge is 0.341 e. The maximum Gasteiger partial charge on any atom is 0.341 e. The number of nitrogens with zero attached hydrogens (tertiary/aromatic N) is 2. The van der Waals surface area contributed by atoms with E-state index in [0.29, 0.717) is 45.7 Å². The summed E-state index contributed by atoms with van der Waals surface area (Å²) >= 11 is 0. The molecule has 0 bridgehead atoms. The minimum absolute atomic E-state index is 0.0135. The highest BCUT2D eigenvalue weighted by Gasteiger charge is 2.18. The van der Waals surface area contributed by atoms with Gasteiger partial charge >= 0.3 is 5.97 Å². The highest BCUT2D eigenvalue weighted by molar-refractivity contribution is 6.08. The minimum Gasteiger partial charge on any atom is -0.493 e. The molecule has 0 fully saturated rings. The molecule has 0 aliphatic heterocycles. The number of carboxylic acids is 1. The van der Waals surface area contributed by atoms with E-state index in [1.54, 1.807) is 37.3 Å². The van der Waals surface area contributed by atoms with Crippen LogP contribution in [-0.4, -0.2) is 40.5 Å². The van der Waals surface area contributed by atoms with Crippen molar-refractivity contribution in [3.05, 3.63) is 48.0 Å². The molecule has 0 amide bonds. The fourth-order valence-electron chi connectivity index (χ4n) is 3.43. The molecule has 2 aromatic carbocycles. The third kappa shape index (κ3) is 3.92. The van der Waals surface area contributed by atoms with Gasteiger partial charge in [0.2, 0.25) is 5.88 Å². The molecule has 0 saturated carbocycles. The topological polar surface area (TPSA) is 121 Å². The number of methoxy groups -OCH3 is 1. The highest BCUT2D eigenvalue weighted by atomic mass is 16.5. The van der Waals surface area contributed by atoms with Crippen molar-refractivity contribution in [3.63, 3.8) is 0 Å². The molecule has 4 aromatic rings. The predicted octanol–water partition coefficient (Wildman–Crippen LogP) is 4.54. The van der Waals surface area contributed by atoms with Crippen LogP contribution >= 0.6 is 0 Å². The number of carboxylic acid groups (broad SMARTS) is 1. The summed E-state index contributed by atoms with van der Waals surface area (Å²) in [6.07, 6.45) is 1.73. The number of hydrogen-bond donors (Lipinski definition) is 1. The van der Waals surface area contributed by atoms with Crippen molar-refractivity contribution in [1.82, 2.24) is 9.97 Å². The Hall–Kier alpha value is -4.14. The predicted molar refractivity (Wildman–Crippen MR) is 115 cm³/mol. The van der Waals surface area contributed by atoms with Crippen LogP contribution in [0.4, 0.5) is 0 Å². The van der Waals surface area contributed by atoms with Gasteiger partial charge in [-0.25, -0.2) is 14.8 Å². The maximum absolute atomic E-state index is 12.2. The Morgan fingerprint density at radius 1 is 1.09 bits per heavy atom. The second-order valence-electron chi connectivity index (χ2n) is 6.95. The summed E-state index contributed by atoms with van der Waals surface area (Å²) in [4.78, 5) is 31.6. The number of aromatic nitrogens is 2. The van der Waals surface area contributed by atoms with Gasteiger partial charge in [0.25, 0.3) is 0 Å². The lowest BCUT2D eigenvalue weighted by Gasteiger charge is -2.12. The number of hydrogen-bond acceptors (Lipinski definition) is 8. The average Bonchev–Trinajstić information content (AvgIpc) is 3.11. The van der Waals surface area contributed by atoms with Gasteiger partial charge in [0, 0.05) is 23.9 Å². The summed E-state index contributed by atoms with van der Waals surface area (Å²) in [7, 11) is 1.45. The molecule has 9 heteroatoms. The number of fused-ring (bicyclic) bond motifs is 2. The Kier molecular flexibility index (Phi) is 5.63. The standard InChI is InChI=1S/C23H20N2O7/c1-4-17(26)22-12(2)31-18-7-13(5-6-14(18)22)32-23-15-8-20(30-10-21(27)28)19(29-3)9-16(15)24-11-25-23/h5-9,11H,4,10H2,1-3H3,(H,27,28). The second kappa shape index (κ2) is 8.54. The van der Waals surface area contributed by atoms with Gasteiger partial charge in [0.15, 0.2) is 23.9 Å². The van der Waals surface area contributed by atoms with E-state index in [2.05, 4.69) is 9.97 Å². The number of ketones is 1. The van der Waals surface area contributed by atoms with Crippen molar-refractivity contribution in [2.75, 3.05) is 13.7 Å². The molecule has 1 N–H and O–H groups in total. The molecule has 0 aliphatic carbocycles. The zero-order chi connectivity index (χ0) is 22.8. The number of aryl methyl sites for hydroxylation is 1. The summed E-state index contributed by atoms with van der Waals surface area (Å²) in [5.74, 6) is 0.709. The third-order valence-electron chi connectivity index (χ3n) is 4.89. The van der Waals surface area contributed by atoms with Crippen molar-refractivity contribution >= 4 is 33.6 Å². The van der Waals surface area contributed by atoms with Gasteiger partial charge in [-0.3, -0.25) is 4.79 Å². The van der Waals surface area contributed by atoms with Crippen LogP contribution in [0.15, 0.2) is 41.1 Å². The van der Waals surface area contributed by atoms with E-state index in [0.717, 1.165) is 5.39 Å². The summed E-state index contributed by atoms with van der Waals surface area (Å²) < 4.78 is 22.3. The van der Waals surface area contributed by atoms with Crippen LogP contribution < -0.4 is 14.2 Å². The Morgan fingerprint density at radius 3 is 2.62 bits per heavy atom. The van der Waals surface area contributed by atoms with Crippen LogP contribution in [-0.2, 0) is 4.79 Å². The minimum atomic E-state index is -1.11. The van der Waals surface area contributed by atoms with Gasteiger partial charge in [-0.05, 0) is 25.1 Å². The summed E-state index contributed by atoms with van der Waals surface area (Å²) in [6, 6.07) is 8.37. The molecular weight excluding hydrogens is 416 g/mol. The fourth-order valence-corrected chi connectivity index (χ4v) is 3.43. The number of Topliss-reactive ketones (excluding diaryl/α,β-unsaturated/α-hetero) is 1. The molecule has 164 valence electrons.